The predicted octanol–water partition coefficient (Wildman–Crippen LogP) is 3.40. The molecular weight excluding hydrogens is 210 g/mol. The largest absolute Gasteiger partial charge is 0.298 e. The second kappa shape index (κ2) is 5.99. The van der Waals surface area contributed by atoms with E-state index in [9.17, 15) is 4.79 Å². The Morgan fingerprint density at radius 2 is 1.53 bits per heavy atom. The van der Waals surface area contributed by atoms with Gasteiger partial charge in [0.15, 0.2) is 0 Å². The van der Waals surface area contributed by atoms with Crippen molar-refractivity contribution in [3.8, 4) is 0 Å². The Labute approximate surface area is 106 Å². The number of ketones is 1. The van der Waals surface area contributed by atoms with Crippen LogP contribution in [0.25, 0.3) is 0 Å². The zero-order valence-corrected chi connectivity index (χ0v) is 11.5. The average molecular weight is 237 g/mol. The Morgan fingerprint density at radius 1 is 0.941 bits per heavy atom. The quantitative estimate of drug-likeness (QED) is 0.750. The molecule has 0 aromatic heterocycles. The Morgan fingerprint density at radius 3 is 2.12 bits per heavy atom. The molecule has 98 valence electrons. The predicted molar refractivity (Wildman–Crippen MR) is 71.1 cm³/mol. The first kappa shape index (κ1) is 13.1. The maximum absolute atomic E-state index is 12.3. The summed E-state index contributed by atoms with van der Waals surface area (Å²) < 4.78 is 0. The molecule has 0 spiro atoms. The van der Waals surface area contributed by atoms with Crippen molar-refractivity contribution >= 4 is 5.78 Å². The number of nitrogens with zero attached hydrogens (tertiary/aromatic N) is 1. The molecule has 1 aliphatic heterocycles. The number of hydrogen-bond donors (Lipinski definition) is 0. The SMILES string of the molecule is C[C@@H]1CCC[C@H](C)N1CC(=O)C1CCCCC1. The first-order valence-corrected chi connectivity index (χ1v) is 7.47. The second-order valence-electron chi connectivity index (χ2n) is 6.10. The molecule has 0 bridgehead atoms. The van der Waals surface area contributed by atoms with Crippen molar-refractivity contribution in [1.29, 1.82) is 0 Å². The lowest BCUT2D eigenvalue weighted by molar-refractivity contribution is -0.126. The molecule has 0 amide bonds. The molecule has 1 heterocycles. The first-order chi connectivity index (χ1) is 8.18. The fraction of sp³-hybridized carbons (Fsp3) is 0.933. The summed E-state index contributed by atoms with van der Waals surface area (Å²) >= 11 is 0. The summed E-state index contributed by atoms with van der Waals surface area (Å²) in [5.74, 6) is 0.898. The van der Waals surface area contributed by atoms with Crippen molar-refractivity contribution in [2.24, 2.45) is 5.92 Å². The van der Waals surface area contributed by atoms with Crippen LogP contribution in [0.3, 0.4) is 0 Å². The lowest BCUT2D eigenvalue weighted by Gasteiger charge is -2.39. The molecule has 1 saturated heterocycles. The van der Waals surface area contributed by atoms with Crippen LogP contribution in [0.5, 0.6) is 0 Å². The van der Waals surface area contributed by atoms with Crippen LogP contribution < -0.4 is 0 Å². The van der Waals surface area contributed by atoms with Crippen molar-refractivity contribution in [3.05, 3.63) is 0 Å². The third kappa shape index (κ3) is 3.31. The third-order valence-electron chi connectivity index (χ3n) is 4.78. The Hall–Kier alpha value is -0.370. The summed E-state index contributed by atoms with van der Waals surface area (Å²) in [6, 6.07) is 1.21. The van der Waals surface area contributed by atoms with Crippen LogP contribution in [-0.4, -0.2) is 29.3 Å². The molecule has 0 aromatic carbocycles. The number of likely N-dealkylation sites (tertiary alicyclic amines) is 1. The fourth-order valence-electron chi connectivity index (χ4n) is 3.52. The number of carbonyl (C=O) groups is 1. The molecule has 0 aromatic rings. The van der Waals surface area contributed by atoms with Crippen molar-refractivity contribution in [1.82, 2.24) is 4.90 Å². The molecule has 2 atom stereocenters. The van der Waals surface area contributed by atoms with Gasteiger partial charge < -0.3 is 0 Å². The summed E-state index contributed by atoms with van der Waals surface area (Å²) in [5, 5.41) is 0. The van der Waals surface area contributed by atoms with E-state index in [-0.39, 0.29) is 0 Å². The minimum Gasteiger partial charge on any atom is -0.298 e. The van der Waals surface area contributed by atoms with E-state index in [1.54, 1.807) is 0 Å². The molecule has 0 unspecified atom stereocenters. The van der Waals surface area contributed by atoms with Gasteiger partial charge in [0.1, 0.15) is 5.78 Å². The summed E-state index contributed by atoms with van der Waals surface area (Å²) in [6.45, 7) is 5.28. The second-order valence-corrected chi connectivity index (χ2v) is 6.10. The molecule has 0 N–H and O–H groups in total. The van der Waals surface area contributed by atoms with Gasteiger partial charge in [-0.2, -0.15) is 0 Å². The van der Waals surface area contributed by atoms with E-state index in [0.29, 0.717) is 30.3 Å². The van der Waals surface area contributed by atoms with Crippen molar-refractivity contribution in [3.63, 3.8) is 0 Å². The molecule has 2 nitrogen and oxygen atoms in total. The highest BCUT2D eigenvalue weighted by Crippen LogP contribution is 2.27. The van der Waals surface area contributed by atoms with Gasteiger partial charge in [0.05, 0.1) is 6.54 Å². The zero-order chi connectivity index (χ0) is 12.3. The number of rotatable bonds is 3. The maximum atomic E-state index is 12.3. The van der Waals surface area contributed by atoms with Gasteiger partial charge in [0.2, 0.25) is 0 Å². The van der Waals surface area contributed by atoms with E-state index < -0.39 is 0 Å². The number of hydrogen-bond acceptors (Lipinski definition) is 2. The van der Waals surface area contributed by atoms with Gasteiger partial charge in [-0.15, -0.1) is 0 Å². The number of piperidine rings is 1. The molecule has 0 radical (unpaired) electrons. The molecular formula is C15H27NO. The fourth-order valence-corrected chi connectivity index (χ4v) is 3.52. The van der Waals surface area contributed by atoms with Gasteiger partial charge in [0.25, 0.3) is 0 Å². The van der Waals surface area contributed by atoms with Crippen LogP contribution in [0, 0.1) is 5.92 Å². The normalized spacial score (nSPS) is 32.6. The topological polar surface area (TPSA) is 20.3 Å². The first-order valence-electron chi connectivity index (χ1n) is 7.47. The summed E-state index contributed by atoms with van der Waals surface area (Å²) in [4.78, 5) is 14.8. The lowest BCUT2D eigenvalue weighted by atomic mass is 9.85. The molecule has 17 heavy (non-hydrogen) atoms. The van der Waals surface area contributed by atoms with Crippen LogP contribution in [-0.2, 0) is 4.79 Å². The van der Waals surface area contributed by atoms with Gasteiger partial charge in [-0.1, -0.05) is 25.7 Å². The van der Waals surface area contributed by atoms with E-state index in [0.717, 1.165) is 12.8 Å². The van der Waals surface area contributed by atoms with Gasteiger partial charge in [-0.05, 0) is 39.5 Å². The van der Waals surface area contributed by atoms with Crippen LogP contribution in [0.4, 0.5) is 0 Å². The van der Waals surface area contributed by atoms with Crippen molar-refractivity contribution in [2.45, 2.75) is 77.3 Å². The smallest absolute Gasteiger partial charge is 0.149 e. The van der Waals surface area contributed by atoms with Crippen LogP contribution in [0.15, 0.2) is 0 Å². The maximum Gasteiger partial charge on any atom is 0.149 e. The summed E-state index contributed by atoms with van der Waals surface area (Å²) in [7, 11) is 0. The highest BCUT2D eigenvalue weighted by atomic mass is 16.1. The monoisotopic (exact) mass is 237 g/mol. The number of Topliss-reactive ketones (excluding diaryl/α,β-unsaturated/α-hetero) is 1. The van der Waals surface area contributed by atoms with Gasteiger partial charge in [-0.25, -0.2) is 0 Å². The van der Waals surface area contributed by atoms with Crippen LogP contribution in [0.2, 0.25) is 0 Å². The lowest BCUT2D eigenvalue weighted by Crippen LogP contribution is -2.47. The summed E-state index contributed by atoms with van der Waals surface area (Å²) in [5.41, 5.74) is 0. The molecule has 2 rings (SSSR count). The molecule has 1 aliphatic carbocycles. The third-order valence-corrected chi connectivity index (χ3v) is 4.78. The zero-order valence-electron chi connectivity index (χ0n) is 11.5. The Balaban J connectivity index is 1.87. The van der Waals surface area contributed by atoms with Crippen LogP contribution >= 0.6 is 0 Å². The van der Waals surface area contributed by atoms with Gasteiger partial charge in [0, 0.05) is 18.0 Å². The Bertz CT molecular complexity index is 248. The molecule has 1 saturated carbocycles. The van der Waals surface area contributed by atoms with Crippen molar-refractivity contribution in [2.75, 3.05) is 6.54 Å². The molecule has 2 fully saturated rings. The van der Waals surface area contributed by atoms with Gasteiger partial charge in [-0.3, -0.25) is 9.69 Å². The minimum absolute atomic E-state index is 0.380. The van der Waals surface area contributed by atoms with E-state index >= 15 is 0 Å². The number of carbonyl (C=O) groups excluding carboxylic acids is 1. The highest BCUT2D eigenvalue weighted by molar-refractivity contribution is 5.83. The van der Waals surface area contributed by atoms with E-state index in [2.05, 4.69) is 18.7 Å². The van der Waals surface area contributed by atoms with Gasteiger partial charge >= 0.3 is 0 Å². The van der Waals surface area contributed by atoms with E-state index in [1.165, 1.54) is 38.5 Å². The molecule has 2 heteroatoms. The average Bonchev–Trinajstić information content (AvgIpc) is 2.35. The van der Waals surface area contributed by atoms with E-state index in [1.807, 2.05) is 0 Å². The highest BCUT2D eigenvalue weighted by Gasteiger charge is 2.29. The van der Waals surface area contributed by atoms with Crippen molar-refractivity contribution < 1.29 is 4.79 Å². The molecule has 2 aliphatic rings. The van der Waals surface area contributed by atoms with Crippen LogP contribution in [0.1, 0.15) is 65.2 Å². The Kier molecular flexibility index (Phi) is 4.61. The van der Waals surface area contributed by atoms with E-state index in [4.69, 9.17) is 0 Å². The standard InChI is InChI=1S/C15H27NO/c1-12-7-6-8-13(2)16(12)11-15(17)14-9-4-3-5-10-14/h12-14H,3-11H2,1-2H3/t12-,13+. The summed E-state index contributed by atoms with van der Waals surface area (Å²) in [6.07, 6.45) is 10.0. The minimum atomic E-state index is 0.380.